The van der Waals surface area contributed by atoms with Gasteiger partial charge in [0.15, 0.2) is 5.96 Å². The second kappa shape index (κ2) is 9.07. The molecule has 132 valence electrons. The van der Waals surface area contributed by atoms with Gasteiger partial charge in [-0.3, -0.25) is 9.89 Å². The molecule has 0 saturated heterocycles. The van der Waals surface area contributed by atoms with Crippen LogP contribution >= 0.6 is 11.3 Å². The molecule has 0 radical (unpaired) electrons. The van der Waals surface area contributed by atoms with Crippen molar-refractivity contribution in [2.24, 2.45) is 4.99 Å². The highest BCUT2D eigenvalue weighted by atomic mass is 32.1. The van der Waals surface area contributed by atoms with E-state index in [2.05, 4.69) is 15.3 Å². The molecule has 0 saturated carbocycles. The second-order valence-corrected chi connectivity index (χ2v) is 6.36. The summed E-state index contributed by atoms with van der Waals surface area (Å²) in [5.74, 6) is 0.665. The van der Waals surface area contributed by atoms with Crippen LogP contribution in [0.3, 0.4) is 0 Å². The Labute approximate surface area is 139 Å². The highest BCUT2D eigenvalue weighted by molar-refractivity contribution is 7.09. The Kier molecular flexibility index (Phi) is 7.77. The molecule has 23 heavy (non-hydrogen) atoms. The van der Waals surface area contributed by atoms with Gasteiger partial charge in [0, 0.05) is 25.5 Å². The zero-order valence-electron chi connectivity index (χ0n) is 13.9. The Hall–Kier alpha value is -1.35. The lowest BCUT2D eigenvalue weighted by Crippen LogP contribution is -2.39. The number of rotatable bonds is 7. The van der Waals surface area contributed by atoms with Crippen molar-refractivity contribution in [3.05, 3.63) is 16.1 Å². The molecule has 1 aromatic heterocycles. The monoisotopic (exact) mass is 351 g/mol. The molecule has 1 rings (SSSR count). The van der Waals surface area contributed by atoms with Gasteiger partial charge >= 0.3 is 6.18 Å². The number of nitrogens with zero attached hydrogens (tertiary/aromatic N) is 4. The molecule has 0 fully saturated rings. The molecule has 0 atom stereocenters. The number of aromatic nitrogens is 1. The fraction of sp³-hybridized carbons (Fsp3) is 0.714. The average molecular weight is 351 g/mol. The minimum absolute atomic E-state index is 0.248. The van der Waals surface area contributed by atoms with Crippen molar-refractivity contribution >= 4 is 17.3 Å². The van der Waals surface area contributed by atoms with Gasteiger partial charge in [0.2, 0.25) is 0 Å². The minimum Gasteiger partial charge on any atom is -0.357 e. The summed E-state index contributed by atoms with van der Waals surface area (Å²) < 4.78 is 36.8. The van der Waals surface area contributed by atoms with Gasteiger partial charge in [-0.2, -0.15) is 13.2 Å². The smallest absolute Gasteiger partial charge is 0.357 e. The third kappa shape index (κ3) is 8.17. The highest BCUT2D eigenvalue weighted by Gasteiger charge is 2.28. The van der Waals surface area contributed by atoms with Crippen molar-refractivity contribution in [1.29, 1.82) is 0 Å². The SMILES string of the molecule is CCNC(=NCCN(C)CC(F)(F)F)N(C)Cc1csc(C)n1. The van der Waals surface area contributed by atoms with Gasteiger partial charge in [0.1, 0.15) is 0 Å². The van der Waals surface area contributed by atoms with Gasteiger partial charge in [-0.15, -0.1) is 11.3 Å². The van der Waals surface area contributed by atoms with E-state index in [0.717, 1.165) is 10.7 Å². The van der Waals surface area contributed by atoms with Gasteiger partial charge in [-0.05, 0) is 20.9 Å². The van der Waals surface area contributed by atoms with E-state index in [1.807, 2.05) is 31.2 Å². The predicted molar refractivity (Wildman–Crippen MR) is 87.8 cm³/mol. The Morgan fingerprint density at radius 3 is 2.61 bits per heavy atom. The maximum atomic E-state index is 12.3. The van der Waals surface area contributed by atoms with E-state index < -0.39 is 12.7 Å². The molecule has 0 unspecified atom stereocenters. The predicted octanol–water partition coefficient (Wildman–Crippen LogP) is 2.34. The first kappa shape index (κ1) is 19.7. The number of thiazole rings is 1. The molecule has 0 aliphatic heterocycles. The molecule has 0 aromatic carbocycles. The second-order valence-electron chi connectivity index (χ2n) is 5.30. The van der Waals surface area contributed by atoms with E-state index in [-0.39, 0.29) is 6.54 Å². The number of aryl methyl sites for hydroxylation is 1. The molecule has 0 bridgehead atoms. The lowest BCUT2D eigenvalue weighted by Gasteiger charge is -2.22. The summed E-state index contributed by atoms with van der Waals surface area (Å²) in [6.07, 6.45) is -4.18. The molecule has 9 heteroatoms. The van der Waals surface area contributed by atoms with E-state index in [4.69, 9.17) is 0 Å². The quantitative estimate of drug-likeness (QED) is 0.605. The maximum Gasteiger partial charge on any atom is 0.401 e. The fourth-order valence-corrected chi connectivity index (χ4v) is 2.58. The van der Waals surface area contributed by atoms with Gasteiger partial charge < -0.3 is 10.2 Å². The average Bonchev–Trinajstić information content (AvgIpc) is 2.81. The number of hydrogen-bond donors (Lipinski definition) is 1. The van der Waals surface area contributed by atoms with Gasteiger partial charge in [-0.1, -0.05) is 0 Å². The Morgan fingerprint density at radius 1 is 1.39 bits per heavy atom. The van der Waals surface area contributed by atoms with Gasteiger partial charge in [0.25, 0.3) is 0 Å². The van der Waals surface area contributed by atoms with Crippen LogP contribution in [0.5, 0.6) is 0 Å². The van der Waals surface area contributed by atoms with E-state index in [0.29, 0.717) is 25.6 Å². The van der Waals surface area contributed by atoms with Crippen molar-refractivity contribution in [1.82, 2.24) is 20.1 Å². The summed E-state index contributed by atoms with van der Waals surface area (Å²) in [7, 11) is 3.33. The Balaban J connectivity index is 2.55. The molecule has 0 aliphatic carbocycles. The number of hydrogen-bond acceptors (Lipinski definition) is 4. The Morgan fingerprint density at radius 2 is 2.09 bits per heavy atom. The fourth-order valence-electron chi connectivity index (χ4n) is 1.98. The lowest BCUT2D eigenvalue weighted by molar-refractivity contribution is -0.142. The van der Waals surface area contributed by atoms with Gasteiger partial charge in [-0.25, -0.2) is 4.98 Å². The zero-order valence-corrected chi connectivity index (χ0v) is 14.8. The van der Waals surface area contributed by atoms with Gasteiger partial charge in [0.05, 0.1) is 30.3 Å². The maximum absolute atomic E-state index is 12.3. The van der Waals surface area contributed by atoms with E-state index in [9.17, 15) is 13.2 Å². The highest BCUT2D eigenvalue weighted by Crippen LogP contribution is 2.15. The van der Waals surface area contributed by atoms with Crippen LogP contribution in [0, 0.1) is 6.92 Å². The van der Waals surface area contributed by atoms with Crippen LogP contribution in [0.25, 0.3) is 0 Å². The first-order chi connectivity index (χ1) is 10.7. The lowest BCUT2D eigenvalue weighted by atomic mass is 10.4. The van der Waals surface area contributed by atoms with E-state index in [1.165, 1.54) is 11.9 Å². The van der Waals surface area contributed by atoms with Crippen molar-refractivity contribution in [2.45, 2.75) is 26.6 Å². The molecular formula is C14H24F3N5S. The summed E-state index contributed by atoms with van der Waals surface area (Å²) in [6.45, 7) is 4.82. The summed E-state index contributed by atoms with van der Waals surface area (Å²) >= 11 is 1.59. The molecular weight excluding hydrogens is 327 g/mol. The molecule has 0 aliphatic rings. The van der Waals surface area contributed by atoms with Crippen LogP contribution in [0.4, 0.5) is 13.2 Å². The van der Waals surface area contributed by atoms with Crippen LogP contribution < -0.4 is 5.32 Å². The number of likely N-dealkylation sites (N-methyl/N-ethyl adjacent to an activating group) is 1. The summed E-state index contributed by atoms with van der Waals surface area (Å²) in [6, 6.07) is 0. The van der Waals surface area contributed by atoms with E-state index in [1.54, 1.807) is 11.3 Å². The topological polar surface area (TPSA) is 43.8 Å². The van der Waals surface area contributed by atoms with Crippen molar-refractivity contribution in [3.8, 4) is 0 Å². The van der Waals surface area contributed by atoms with Crippen LogP contribution in [0.2, 0.25) is 0 Å². The largest absolute Gasteiger partial charge is 0.401 e. The van der Waals surface area contributed by atoms with Crippen LogP contribution in [-0.2, 0) is 6.54 Å². The summed E-state index contributed by atoms with van der Waals surface area (Å²) in [4.78, 5) is 11.9. The standard InChI is InChI=1S/C14H24F3N5S/c1-5-18-13(19-6-7-21(3)10-14(15,16)17)22(4)8-12-9-23-11(2)20-12/h9H,5-8,10H2,1-4H3,(H,18,19). The zero-order chi connectivity index (χ0) is 17.5. The number of nitrogens with one attached hydrogen (secondary N) is 1. The third-order valence-electron chi connectivity index (χ3n) is 2.95. The summed E-state index contributed by atoms with van der Waals surface area (Å²) in [5.41, 5.74) is 0.954. The summed E-state index contributed by atoms with van der Waals surface area (Å²) in [5, 5.41) is 6.14. The molecule has 1 N–H and O–H groups in total. The van der Waals surface area contributed by atoms with Crippen molar-refractivity contribution in [3.63, 3.8) is 0 Å². The van der Waals surface area contributed by atoms with Crippen LogP contribution in [-0.4, -0.2) is 67.2 Å². The van der Waals surface area contributed by atoms with Crippen molar-refractivity contribution in [2.75, 3.05) is 40.3 Å². The Bertz CT molecular complexity index is 501. The number of aliphatic imine (C=N–C) groups is 1. The van der Waals surface area contributed by atoms with Crippen molar-refractivity contribution < 1.29 is 13.2 Å². The number of halogens is 3. The normalized spacial score (nSPS) is 12.8. The minimum atomic E-state index is -4.18. The molecule has 1 aromatic rings. The molecule has 0 spiro atoms. The first-order valence-corrected chi connectivity index (χ1v) is 8.25. The number of guanidine groups is 1. The molecule has 0 amide bonds. The molecule has 1 heterocycles. The number of alkyl halides is 3. The first-order valence-electron chi connectivity index (χ1n) is 7.37. The van der Waals surface area contributed by atoms with Crippen LogP contribution in [0.1, 0.15) is 17.6 Å². The van der Waals surface area contributed by atoms with E-state index >= 15 is 0 Å². The van der Waals surface area contributed by atoms with Crippen LogP contribution in [0.15, 0.2) is 10.4 Å². The third-order valence-corrected chi connectivity index (χ3v) is 3.78. The molecule has 5 nitrogen and oxygen atoms in total.